The Morgan fingerprint density at radius 3 is 2.50 bits per heavy atom. The maximum Gasteiger partial charge on any atom is 0.310 e. The van der Waals surface area contributed by atoms with Crippen molar-refractivity contribution in [3.8, 4) is 0 Å². The van der Waals surface area contributed by atoms with E-state index in [-0.39, 0.29) is 12.3 Å². The first-order valence-corrected chi connectivity index (χ1v) is 5.99. The molecule has 0 aromatic rings. The number of carbonyl (C=O) groups is 2. The van der Waals surface area contributed by atoms with Crippen molar-refractivity contribution in [3.05, 3.63) is 0 Å². The van der Waals surface area contributed by atoms with E-state index in [9.17, 15) is 9.59 Å². The number of rotatable bonds is 6. The number of carboxylic acids is 1. The Labute approximate surface area is 92.8 Å². The highest BCUT2D eigenvalue weighted by Gasteiger charge is 2.20. The lowest BCUT2D eigenvalue weighted by Crippen LogP contribution is -2.23. The maximum absolute atomic E-state index is 11.2. The van der Waals surface area contributed by atoms with Crippen LogP contribution in [0.1, 0.15) is 13.3 Å². The van der Waals surface area contributed by atoms with Crippen molar-refractivity contribution >= 4 is 36.3 Å². The summed E-state index contributed by atoms with van der Waals surface area (Å²) in [6, 6.07) is 0. The number of thiol groups is 1. The third-order valence-corrected chi connectivity index (χ3v) is 2.86. The molecule has 2 atom stereocenters. The minimum Gasteiger partial charge on any atom is -0.481 e. The molecule has 0 aliphatic rings. The zero-order valence-electron chi connectivity index (χ0n) is 8.10. The Morgan fingerprint density at radius 1 is 1.57 bits per heavy atom. The lowest BCUT2D eigenvalue weighted by Gasteiger charge is -2.15. The van der Waals surface area contributed by atoms with E-state index >= 15 is 0 Å². The van der Waals surface area contributed by atoms with E-state index in [0.29, 0.717) is 5.75 Å². The summed E-state index contributed by atoms with van der Waals surface area (Å²) in [4.78, 5) is 21.6. The summed E-state index contributed by atoms with van der Waals surface area (Å²) < 4.78 is 4.96. The highest BCUT2D eigenvalue weighted by Crippen LogP contribution is 2.15. The molecule has 0 radical (unpaired) electrons. The number of carboxylic acid groups (broad SMARTS) is 1. The zero-order chi connectivity index (χ0) is 11.1. The monoisotopic (exact) mass is 238 g/mol. The third kappa shape index (κ3) is 5.39. The minimum absolute atomic E-state index is 0.174. The molecular formula is C8H14O4S2. The van der Waals surface area contributed by atoms with E-state index in [4.69, 9.17) is 9.84 Å². The number of hydrogen-bond acceptors (Lipinski definition) is 5. The largest absolute Gasteiger partial charge is 0.481 e. The van der Waals surface area contributed by atoms with Gasteiger partial charge in [-0.05, 0) is 6.26 Å². The van der Waals surface area contributed by atoms with Crippen LogP contribution in [0.4, 0.5) is 0 Å². The van der Waals surface area contributed by atoms with Gasteiger partial charge in [0.05, 0.1) is 12.3 Å². The molecule has 0 spiro atoms. The van der Waals surface area contributed by atoms with Gasteiger partial charge in [0.25, 0.3) is 0 Å². The van der Waals surface area contributed by atoms with Gasteiger partial charge < -0.3 is 9.84 Å². The van der Waals surface area contributed by atoms with E-state index < -0.39 is 17.4 Å². The van der Waals surface area contributed by atoms with Gasteiger partial charge in [-0.15, -0.1) is 11.8 Å². The standard InChI is InChI=1S/C8H14O4S2/c1-5(4-13)8(11)12-7(14-2)3-6(9)10/h5,7,13H,3-4H2,1-2H3,(H,9,10)/t5-,7-/m1/s1. The van der Waals surface area contributed by atoms with Crippen molar-refractivity contribution < 1.29 is 19.4 Å². The molecular weight excluding hydrogens is 224 g/mol. The molecule has 0 amide bonds. The first-order valence-electron chi connectivity index (χ1n) is 4.07. The molecule has 82 valence electrons. The summed E-state index contributed by atoms with van der Waals surface area (Å²) >= 11 is 5.16. The second-order valence-corrected chi connectivity index (χ2v) is 4.15. The zero-order valence-corrected chi connectivity index (χ0v) is 9.81. The van der Waals surface area contributed by atoms with Crippen LogP contribution in [-0.2, 0) is 14.3 Å². The summed E-state index contributed by atoms with van der Waals surface area (Å²) in [7, 11) is 0. The van der Waals surface area contributed by atoms with Crippen molar-refractivity contribution in [2.75, 3.05) is 12.0 Å². The van der Waals surface area contributed by atoms with Crippen LogP contribution >= 0.6 is 24.4 Å². The Kier molecular flexibility index (Phi) is 6.82. The van der Waals surface area contributed by atoms with E-state index in [2.05, 4.69) is 12.6 Å². The van der Waals surface area contributed by atoms with Gasteiger partial charge in [-0.1, -0.05) is 6.92 Å². The van der Waals surface area contributed by atoms with Crippen molar-refractivity contribution in [2.24, 2.45) is 5.92 Å². The molecule has 1 N–H and O–H groups in total. The highest BCUT2D eigenvalue weighted by atomic mass is 32.2. The van der Waals surface area contributed by atoms with Crippen molar-refractivity contribution in [1.82, 2.24) is 0 Å². The molecule has 0 aromatic heterocycles. The highest BCUT2D eigenvalue weighted by molar-refractivity contribution is 7.99. The number of esters is 1. The van der Waals surface area contributed by atoms with Gasteiger partial charge in [-0.2, -0.15) is 12.6 Å². The molecule has 0 saturated heterocycles. The predicted molar refractivity (Wildman–Crippen MR) is 58.7 cm³/mol. The normalized spacial score (nSPS) is 14.5. The van der Waals surface area contributed by atoms with Crippen LogP contribution in [0.25, 0.3) is 0 Å². The summed E-state index contributed by atoms with van der Waals surface area (Å²) in [6.07, 6.45) is 1.53. The molecule has 14 heavy (non-hydrogen) atoms. The number of thioether (sulfide) groups is 1. The minimum atomic E-state index is -0.976. The van der Waals surface area contributed by atoms with Gasteiger partial charge in [0.1, 0.15) is 0 Å². The van der Waals surface area contributed by atoms with Gasteiger partial charge >= 0.3 is 11.9 Å². The molecule has 0 unspecified atom stereocenters. The van der Waals surface area contributed by atoms with E-state index in [1.54, 1.807) is 13.2 Å². The van der Waals surface area contributed by atoms with Crippen molar-refractivity contribution in [3.63, 3.8) is 0 Å². The summed E-state index contributed by atoms with van der Waals surface area (Å²) in [6.45, 7) is 1.69. The Morgan fingerprint density at radius 2 is 2.14 bits per heavy atom. The maximum atomic E-state index is 11.2. The van der Waals surface area contributed by atoms with Crippen LogP contribution in [0.3, 0.4) is 0 Å². The molecule has 0 aliphatic heterocycles. The molecule has 0 saturated carbocycles. The van der Waals surface area contributed by atoms with Crippen LogP contribution in [0.2, 0.25) is 0 Å². The van der Waals surface area contributed by atoms with Crippen LogP contribution in [-0.4, -0.2) is 34.5 Å². The second-order valence-electron chi connectivity index (χ2n) is 2.78. The molecule has 0 rings (SSSR count). The SMILES string of the molecule is CS[C@H](CC(=O)O)OC(=O)[C@H](C)CS. The smallest absolute Gasteiger partial charge is 0.310 e. The van der Waals surface area contributed by atoms with Crippen molar-refractivity contribution in [1.29, 1.82) is 0 Å². The van der Waals surface area contributed by atoms with Crippen molar-refractivity contribution in [2.45, 2.75) is 18.8 Å². The number of hydrogen-bond donors (Lipinski definition) is 2. The van der Waals surface area contributed by atoms with E-state index in [0.717, 1.165) is 0 Å². The molecule has 0 bridgehead atoms. The van der Waals surface area contributed by atoms with E-state index in [1.165, 1.54) is 11.8 Å². The van der Waals surface area contributed by atoms with Crippen LogP contribution in [0.15, 0.2) is 0 Å². The fourth-order valence-corrected chi connectivity index (χ4v) is 1.29. The average molecular weight is 238 g/mol. The summed E-state index contributed by atoms with van der Waals surface area (Å²) in [5, 5.41) is 8.50. The average Bonchev–Trinajstić information content (AvgIpc) is 2.14. The lowest BCUT2D eigenvalue weighted by molar-refractivity contribution is -0.151. The van der Waals surface area contributed by atoms with E-state index in [1.807, 2.05) is 0 Å². The molecule has 0 heterocycles. The predicted octanol–water partition coefficient (Wildman–Crippen LogP) is 1.26. The molecule has 0 fully saturated rings. The van der Waals surface area contributed by atoms with Gasteiger partial charge in [0, 0.05) is 5.75 Å². The Hall–Kier alpha value is -0.360. The molecule has 0 aromatic carbocycles. The Balaban J connectivity index is 4.04. The van der Waals surface area contributed by atoms with Gasteiger partial charge in [0.2, 0.25) is 0 Å². The Bertz CT molecular complexity index is 208. The molecule has 6 heteroatoms. The topological polar surface area (TPSA) is 63.6 Å². The fourth-order valence-electron chi connectivity index (χ4n) is 0.636. The van der Waals surface area contributed by atoms with Crippen LogP contribution in [0.5, 0.6) is 0 Å². The van der Waals surface area contributed by atoms with Gasteiger partial charge in [-0.3, -0.25) is 9.59 Å². The summed E-state index contributed by atoms with van der Waals surface area (Å²) in [5.41, 5.74) is -0.609. The number of aliphatic carboxylic acids is 1. The van der Waals surface area contributed by atoms with Crippen LogP contribution in [0, 0.1) is 5.92 Å². The number of carbonyl (C=O) groups excluding carboxylic acids is 1. The number of ether oxygens (including phenoxy) is 1. The molecule has 0 aliphatic carbocycles. The van der Waals surface area contributed by atoms with Gasteiger partial charge in [0.15, 0.2) is 5.44 Å². The van der Waals surface area contributed by atoms with Gasteiger partial charge in [-0.25, -0.2) is 0 Å². The molecule has 4 nitrogen and oxygen atoms in total. The van der Waals surface area contributed by atoms with Crippen LogP contribution < -0.4 is 0 Å². The first kappa shape index (κ1) is 13.6. The fraction of sp³-hybridized carbons (Fsp3) is 0.750. The summed E-state index contributed by atoms with van der Waals surface area (Å²) in [5.74, 6) is -1.29. The quantitative estimate of drug-likeness (QED) is 0.414. The second kappa shape index (κ2) is 7.00. The lowest BCUT2D eigenvalue weighted by atomic mass is 10.2. The first-order chi connectivity index (χ1) is 6.51. The third-order valence-electron chi connectivity index (χ3n) is 1.53.